The summed E-state index contributed by atoms with van der Waals surface area (Å²) < 4.78 is 27.6. The quantitative estimate of drug-likeness (QED) is 0.715. The Hall–Kier alpha value is -2.05. The molecule has 5 nitrogen and oxygen atoms in total. The fourth-order valence-corrected chi connectivity index (χ4v) is 3.59. The first-order chi connectivity index (χ1) is 12.2. The molecule has 0 aliphatic rings. The topological polar surface area (TPSA) is 75.3 Å². The summed E-state index contributed by atoms with van der Waals surface area (Å²) in [5.74, 6) is 0.312. The van der Waals surface area contributed by atoms with Gasteiger partial charge in [0.05, 0.1) is 21.3 Å². The molecule has 0 heterocycles. The minimum Gasteiger partial charge on any atom is -0.325 e. The number of hydrogen-bond acceptors (Lipinski definition) is 3. The summed E-state index contributed by atoms with van der Waals surface area (Å²) in [6, 6.07) is 11.4. The summed E-state index contributed by atoms with van der Waals surface area (Å²) in [6.07, 6.45) is 1.98. The van der Waals surface area contributed by atoms with Crippen LogP contribution < -0.4 is 10.0 Å². The van der Waals surface area contributed by atoms with Crippen LogP contribution in [0.4, 0.5) is 11.4 Å². The Morgan fingerprint density at radius 2 is 1.77 bits per heavy atom. The van der Waals surface area contributed by atoms with Gasteiger partial charge in [0.25, 0.3) is 10.0 Å². The zero-order valence-electron chi connectivity index (χ0n) is 15.0. The third-order valence-electron chi connectivity index (χ3n) is 3.77. The van der Waals surface area contributed by atoms with Crippen molar-refractivity contribution in [2.45, 2.75) is 38.5 Å². The molecule has 140 valence electrons. The van der Waals surface area contributed by atoms with Crippen LogP contribution in [0.25, 0.3) is 0 Å². The summed E-state index contributed by atoms with van der Waals surface area (Å²) in [5, 5.41) is 2.90. The molecule has 7 heteroatoms. The van der Waals surface area contributed by atoms with E-state index in [9.17, 15) is 13.2 Å². The monoisotopic (exact) mass is 394 g/mol. The van der Waals surface area contributed by atoms with Crippen LogP contribution in [-0.2, 0) is 21.2 Å². The van der Waals surface area contributed by atoms with E-state index in [1.54, 1.807) is 18.2 Å². The minimum atomic E-state index is -3.73. The van der Waals surface area contributed by atoms with Gasteiger partial charge >= 0.3 is 0 Å². The second-order valence-corrected chi connectivity index (χ2v) is 8.65. The van der Waals surface area contributed by atoms with Crippen molar-refractivity contribution >= 4 is 38.9 Å². The fraction of sp³-hybridized carbons (Fsp3) is 0.316. The summed E-state index contributed by atoms with van der Waals surface area (Å²) in [5.41, 5.74) is 1.78. The molecule has 2 aromatic carbocycles. The van der Waals surface area contributed by atoms with E-state index in [0.717, 1.165) is 18.4 Å². The van der Waals surface area contributed by atoms with Crippen molar-refractivity contribution in [3.8, 4) is 0 Å². The van der Waals surface area contributed by atoms with Crippen molar-refractivity contribution < 1.29 is 13.2 Å². The number of rotatable bonds is 7. The van der Waals surface area contributed by atoms with Gasteiger partial charge in [0.2, 0.25) is 5.91 Å². The summed E-state index contributed by atoms with van der Waals surface area (Å²) >= 11 is 6.01. The maximum Gasteiger partial charge on any atom is 0.261 e. The van der Waals surface area contributed by atoms with Gasteiger partial charge in [0.1, 0.15) is 0 Å². The lowest BCUT2D eigenvalue weighted by molar-refractivity contribution is -0.114. The smallest absolute Gasteiger partial charge is 0.261 e. The molecule has 2 N–H and O–H groups in total. The van der Waals surface area contributed by atoms with Crippen LogP contribution in [-0.4, -0.2) is 14.3 Å². The third-order valence-corrected chi connectivity index (χ3v) is 5.50. The molecule has 1 amide bonds. The predicted octanol–water partition coefficient (Wildman–Crippen LogP) is 4.69. The summed E-state index contributed by atoms with van der Waals surface area (Å²) in [6.45, 7) is 5.67. The molecule has 0 aromatic heterocycles. The predicted molar refractivity (Wildman–Crippen MR) is 106 cm³/mol. The molecule has 0 aliphatic carbocycles. The molecule has 0 bridgehead atoms. The van der Waals surface area contributed by atoms with Crippen LogP contribution in [0.2, 0.25) is 5.02 Å². The number of sulfonamides is 1. The van der Waals surface area contributed by atoms with Gasteiger partial charge in [-0.3, -0.25) is 9.52 Å². The van der Waals surface area contributed by atoms with Gasteiger partial charge in [-0.25, -0.2) is 8.42 Å². The molecule has 0 saturated heterocycles. The van der Waals surface area contributed by atoms with Gasteiger partial charge in [0, 0.05) is 6.92 Å². The Balaban J connectivity index is 2.16. The largest absolute Gasteiger partial charge is 0.325 e. The van der Waals surface area contributed by atoms with Crippen molar-refractivity contribution in [2.75, 3.05) is 10.0 Å². The van der Waals surface area contributed by atoms with Gasteiger partial charge in [-0.2, -0.15) is 0 Å². The molecule has 0 radical (unpaired) electrons. The van der Waals surface area contributed by atoms with Gasteiger partial charge < -0.3 is 5.32 Å². The fourth-order valence-electron chi connectivity index (χ4n) is 2.38. The summed E-state index contributed by atoms with van der Waals surface area (Å²) in [4.78, 5) is 11.4. The van der Waals surface area contributed by atoms with E-state index in [-0.39, 0.29) is 10.8 Å². The number of benzene rings is 2. The SMILES string of the molecule is CC(=O)Nc1cc(NS(=O)(=O)c2ccc(CCC(C)C)cc2)ccc1Cl. The molecular weight excluding hydrogens is 372 g/mol. The average molecular weight is 395 g/mol. The van der Waals surface area contributed by atoms with Crippen LogP contribution in [0.1, 0.15) is 32.8 Å². The van der Waals surface area contributed by atoms with Crippen LogP contribution >= 0.6 is 11.6 Å². The number of aryl methyl sites for hydroxylation is 1. The zero-order valence-corrected chi connectivity index (χ0v) is 16.6. The van der Waals surface area contributed by atoms with E-state index in [2.05, 4.69) is 23.9 Å². The molecular formula is C19H23ClN2O3S. The molecule has 2 rings (SSSR count). The molecule has 0 fully saturated rings. The molecule has 2 aromatic rings. The highest BCUT2D eigenvalue weighted by Crippen LogP contribution is 2.27. The molecule has 0 aliphatic heterocycles. The Labute approximate surface area is 159 Å². The van der Waals surface area contributed by atoms with Crippen molar-refractivity contribution in [1.82, 2.24) is 0 Å². The first kappa shape index (κ1) is 20.3. The molecule has 0 atom stereocenters. The molecule has 26 heavy (non-hydrogen) atoms. The number of nitrogens with one attached hydrogen (secondary N) is 2. The van der Waals surface area contributed by atoms with E-state index < -0.39 is 10.0 Å². The van der Waals surface area contributed by atoms with E-state index in [4.69, 9.17) is 11.6 Å². The maximum absolute atomic E-state index is 12.6. The Morgan fingerprint density at radius 3 is 2.35 bits per heavy atom. The highest BCUT2D eigenvalue weighted by molar-refractivity contribution is 7.92. The van der Waals surface area contributed by atoms with Gasteiger partial charge in [-0.1, -0.05) is 37.6 Å². The lowest BCUT2D eigenvalue weighted by Gasteiger charge is -2.12. The highest BCUT2D eigenvalue weighted by atomic mass is 35.5. The Morgan fingerprint density at radius 1 is 1.12 bits per heavy atom. The van der Waals surface area contributed by atoms with Crippen molar-refractivity contribution in [1.29, 1.82) is 0 Å². The molecule has 0 spiro atoms. The van der Waals surface area contributed by atoms with Gasteiger partial charge in [-0.05, 0) is 54.7 Å². The minimum absolute atomic E-state index is 0.182. The first-order valence-electron chi connectivity index (χ1n) is 8.36. The maximum atomic E-state index is 12.6. The third kappa shape index (κ3) is 5.75. The van der Waals surface area contributed by atoms with Gasteiger partial charge in [0.15, 0.2) is 0 Å². The van der Waals surface area contributed by atoms with E-state index >= 15 is 0 Å². The number of halogens is 1. The van der Waals surface area contributed by atoms with Crippen LogP contribution in [0.5, 0.6) is 0 Å². The first-order valence-corrected chi connectivity index (χ1v) is 10.2. The highest BCUT2D eigenvalue weighted by Gasteiger charge is 2.15. The number of carbonyl (C=O) groups excluding carboxylic acids is 1. The Bertz CT molecular complexity index is 878. The number of anilines is 2. The summed E-state index contributed by atoms with van der Waals surface area (Å²) in [7, 11) is -3.73. The van der Waals surface area contributed by atoms with E-state index in [0.29, 0.717) is 22.3 Å². The van der Waals surface area contributed by atoms with Crippen LogP contribution in [0.3, 0.4) is 0 Å². The normalized spacial score (nSPS) is 11.4. The standard InChI is InChI=1S/C19H23ClN2O3S/c1-13(2)4-5-15-6-9-17(10-7-15)26(24,25)22-16-8-11-18(20)19(12-16)21-14(3)23/h6-13,22H,4-5H2,1-3H3,(H,21,23). The average Bonchev–Trinajstić information content (AvgIpc) is 2.55. The second-order valence-electron chi connectivity index (χ2n) is 6.56. The number of amides is 1. The van der Waals surface area contributed by atoms with Gasteiger partial charge in [-0.15, -0.1) is 0 Å². The van der Waals surface area contributed by atoms with Crippen LogP contribution in [0, 0.1) is 5.92 Å². The van der Waals surface area contributed by atoms with E-state index in [1.807, 2.05) is 12.1 Å². The molecule has 0 unspecified atom stereocenters. The zero-order chi connectivity index (χ0) is 19.3. The van der Waals surface area contributed by atoms with Crippen molar-refractivity contribution in [3.05, 3.63) is 53.1 Å². The van der Waals surface area contributed by atoms with Crippen molar-refractivity contribution in [2.24, 2.45) is 5.92 Å². The van der Waals surface area contributed by atoms with Crippen LogP contribution in [0.15, 0.2) is 47.4 Å². The van der Waals surface area contributed by atoms with E-state index in [1.165, 1.54) is 19.1 Å². The second kappa shape index (κ2) is 8.56. The number of hydrogen-bond donors (Lipinski definition) is 2. The lowest BCUT2D eigenvalue weighted by atomic mass is 10.0. The lowest BCUT2D eigenvalue weighted by Crippen LogP contribution is -2.13. The van der Waals surface area contributed by atoms with Crippen molar-refractivity contribution in [3.63, 3.8) is 0 Å². The number of carbonyl (C=O) groups is 1. The Kier molecular flexibility index (Phi) is 6.67. The molecule has 0 saturated carbocycles.